The van der Waals surface area contributed by atoms with E-state index in [1.54, 1.807) is 6.07 Å². The van der Waals surface area contributed by atoms with Crippen LogP contribution in [0, 0.1) is 12.7 Å². The van der Waals surface area contributed by atoms with Gasteiger partial charge in [-0.25, -0.2) is 9.38 Å². The van der Waals surface area contributed by atoms with Gasteiger partial charge in [0, 0.05) is 17.3 Å². The highest BCUT2D eigenvalue weighted by Gasteiger charge is 2.13. The number of hydrogen-bond donors (Lipinski definition) is 3. The number of carbonyl (C=O) groups excluding carboxylic acids is 1. The molecule has 0 spiro atoms. The minimum atomic E-state index is -0.652. The van der Waals surface area contributed by atoms with Crippen LogP contribution in [-0.4, -0.2) is 28.1 Å². The molecule has 128 valence electrons. The van der Waals surface area contributed by atoms with Crippen molar-refractivity contribution in [2.45, 2.75) is 33.2 Å². The van der Waals surface area contributed by atoms with Crippen LogP contribution in [-0.2, 0) is 0 Å². The average Bonchev–Trinajstić information content (AvgIpc) is 2.94. The summed E-state index contributed by atoms with van der Waals surface area (Å²) in [5, 5.41) is 12.4. The van der Waals surface area contributed by atoms with E-state index in [-0.39, 0.29) is 22.6 Å². The Hall–Kier alpha value is -2.41. The molecule has 1 aromatic heterocycles. The predicted molar refractivity (Wildman–Crippen MR) is 93.0 cm³/mol. The zero-order valence-corrected chi connectivity index (χ0v) is 14.4. The summed E-state index contributed by atoms with van der Waals surface area (Å²) in [5.41, 5.74) is 1.01. The lowest BCUT2D eigenvalue weighted by Gasteiger charge is -2.12. The molecule has 24 heavy (non-hydrogen) atoms. The maximum absolute atomic E-state index is 13.5. The van der Waals surface area contributed by atoms with Crippen LogP contribution >= 0.6 is 11.6 Å². The van der Waals surface area contributed by atoms with Crippen molar-refractivity contribution < 1.29 is 9.18 Å². The Kier molecular flexibility index (Phi) is 5.92. The van der Waals surface area contributed by atoms with Crippen molar-refractivity contribution in [3.05, 3.63) is 46.4 Å². The molecule has 6 nitrogen and oxygen atoms in total. The van der Waals surface area contributed by atoms with Crippen molar-refractivity contribution in [2.24, 2.45) is 4.99 Å². The van der Waals surface area contributed by atoms with Crippen molar-refractivity contribution >= 4 is 29.3 Å². The van der Waals surface area contributed by atoms with Crippen molar-refractivity contribution in [1.29, 1.82) is 0 Å². The summed E-state index contributed by atoms with van der Waals surface area (Å²) in [6, 6.07) is 5.63. The SMILES string of the molecule is CCC(C)N=C(NC(=O)c1ccc(Cl)c(F)c1)Nc1cc(C)[nH]n1. The smallest absolute Gasteiger partial charge is 0.258 e. The molecule has 3 N–H and O–H groups in total. The van der Waals surface area contributed by atoms with Gasteiger partial charge in [0.05, 0.1) is 11.1 Å². The second kappa shape index (κ2) is 7.92. The van der Waals surface area contributed by atoms with E-state index in [2.05, 4.69) is 25.8 Å². The maximum Gasteiger partial charge on any atom is 0.258 e. The number of H-pyrrole nitrogens is 1. The number of aromatic nitrogens is 2. The van der Waals surface area contributed by atoms with Gasteiger partial charge >= 0.3 is 0 Å². The average molecular weight is 352 g/mol. The number of guanidine groups is 1. The minimum Gasteiger partial charge on any atom is -0.309 e. The van der Waals surface area contributed by atoms with Crippen LogP contribution in [0.1, 0.15) is 36.3 Å². The quantitative estimate of drug-likeness (QED) is 0.582. The summed E-state index contributed by atoms with van der Waals surface area (Å²) in [4.78, 5) is 16.7. The molecule has 0 saturated carbocycles. The molecule has 1 amide bonds. The molecule has 0 aliphatic heterocycles. The molecule has 0 aliphatic carbocycles. The van der Waals surface area contributed by atoms with Gasteiger partial charge in [-0.1, -0.05) is 18.5 Å². The van der Waals surface area contributed by atoms with Crippen LogP contribution in [0.2, 0.25) is 5.02 Å². The van der Waals surface area contributed by atoms with Crippen molar-refractivity contribution in [1.82, 2.24) is 15.5 Å². The Morgan fingerprint density at radius 2 is 2.21 bits per heavy atom. The largest absolute Gasteiger partial charge is 0.309 e. The van der Waals surface area contributed by atoms with E-state index in [1.165, 1.54) is 12.1 Å². The van der Waals surface area contributed by atoms with E-state index < -0.39 is 11.7 Å². The Balaban J connectivity index is 2.18. The number of aryl methyl sites for hydroxylation is 1. The van der Waals surface area contributed by atoms with Gasteiger partial charge in [-0.2, -0.15) is 5.10 Å². The third-order valence-corrected chi connectivity index (χ3v) is 3.61. The van der Waals surface area contributed by atoms with Gasteiger partial charge in [0.15, 0.2) is 5.82 Å². The second-order valence-corrected chi connectivity index (χ2v) is 5.79. The number of aromatic amines is 1. The Bertz CT molecular complexity index is 759. The lowest BCUT2D eigenvalue weighted by molar-refractivity contribution is 0.0976. The van der Waals surface area contributed by atoms with Gasteiger partial charge in [-0.15, -0.1) is 0 Å². The first-order valence-corrected chi connectivity index (χ1v) is 7.90. The fraction of sp³-hybridized carbons (Fsp3) is 0.312. The molecule has 0 saturated heterocycles. The van der Waals surface area contributed by atoms with Gasteiger partial charge < -0.3 is 5.32 Å². The van der Waals surface area contributed by atoms with E-state index >= 15 is 0 Å². The third kappa shape index (κ3) is 4.79. The maximum atomic E-state index is 13.5. The first kappa shape index (κ1) is 17.9. The molecule has 0 bridgehead atoms. The van der Waals surface area contributed by atoms with Gasteiger partial charge in [0.1, 0.15) is 5.82 Å². The highest BCUT2D eigenvalue weighted by atomic mass is 35.5. The fourth-order valence-corrected chi connectivity index (χ4v) is 1.95. The number of anilines is 1. The predicted octanol–water partition coefficient (Wildman–Crippen LogP) is 3.51. The molecule has 2 rings (SSSR count). The van der Waals surface area contributed by atoms with E-state index in [1.807, 2.05) is 20.8 Å². The van der Waals surface area contributed by atoms with Crippen LogP contribution < -0.4 is 10.6 Å². The van der Waals surface area contributed by atoms with Crippen LogP contribution in [0.4, 0.5) is 10.2 Å². The first-order chi connectivity index (χ1) is 11.4. The zero-order chi connectivity index (χ0) is 17.7. The van der Waals surface area contributed by atoms with E-state index in [0.717, 1.165) is 18.2 Å². The molecule has 1 heterocycles. The fourth-order valence-electron chi connectivity index (χ4n) is 1.83. The van der Waals surface area contributed by atoms with Gasteiger partial charge in [-0.3, -0.25) is 15.2 Å². The zero-order valence-electron chi connectivity index (χ0n) is 13.7. The molecule has 1 unspecified atom stereocenters. The molecule has 8 heteroatoms. The Labute approximate surface area is 144 Å². The summed E-state index contributed by atoms with van der Waals surface area (Å²) < 4.78 is 13.5. The molecule has 0 aliphatic rings. The number of nitrogens with zero attached hydrogens (tertiary/aromatic N) is 2. The number of benzene rings is 1. The number of nitrogens with one attached hydrogen (secondary N) is 3. The summed E-state index contributed by atoms with van der Waals surface area (Å²) in [7, 11) is 0. The number of carbonyl (C=O) groups is 1. The number of rotatable bonds is 4. The first-order valence-electron chi connectivity index (χ1n) is 7.52. The highest BCUT2D eigenvalue weighted by molar-refractivity contribution is 6.30. The molecular formula is C16H19ClFN5O. The normalized spacial score (nSPS) is 12.8. The summed E-state index contributed by atoms with van der Waals surface area (Å²) in [5.74, 6) is -0.374. The van der Waals surface area contributed by atoms with Gasteiger partial charge in [0.25, 0.3) is 5.91 Å². The van der Waals surface area contributed by atoms with Crippen LogP contribution in [0.5, 0.6) is 0 Å². The molecule has 1 atom stereocenters. The number of halogens is 2. The standard InChI is InChI=1S/C16H19ClFN5O/c1-4-9(2)19-16(20-14-7-10(3)22-23-14)21-15(24)11-5-6-12(17)13(18)8-11/h5-9H,4H2,1-3H3,(H3,19,20,21,22,23,24). The molecular weight excluding hydrogens is 333 g/mol. The lowest BCUT2D eigenvalue weighted by atomic mass is 10.2. The minimum absolute atomic E-state index is 0.00482. The van der Waals surface area contributed by atoms with Gasteiger partial charge in [0.2, 0.25) is 5.96 Å². The van der Waals surface area contributed by atoms with E-state index in [4.69, 9.17) is 11.6 Å². The number of amides is 1. The topological polar surface area (TPSA) is 82.2 Å². The lowest BCUT2D eigenvalue weighted by Crippen LogP contribution is -2.37. The third-order valence-electron chi connectivity index (χ3n) is 3.31. The molecule has 0 fully saturated rings. The van der Waals surface area contributed by atoms with Gasteiger partial charge in [-0.05, 0) is 38.5 Å². The summed E-state index contributed by atoms with van der Waals surface area (Å²) >= 11 is 5.63. The molecule has 0 radical (unpaired) electrons. The molecule has 1 aromatic carbocycles. The Morgan fingerprint density at radius 1 is 1.46 bits per heavy atom. The number of aliphatic imine (C=N–C) groups is 1. The summed E-state index contributed by atoms with van der Waals surface area (Å²) in [6.07, 6.45) is 0.802. The van der Waals surface area contributed by atoms with E-state index in [9.17, 15) is 9.18 Å². The van der Waals surface area contributed by atoms with Crippen LogP contribution in [0.15, 0.2) is 29.3 Å². The van der Waals surface area contributed by atoms with Crippen molar-refractivity contribution in [2.75, 3.05) is 5.32 Å². The molecule has 2 aromatic rings. The van der Waals surface area contributed by atoms with Crippen LogP contribution in [0.3, 0.4) is 0 Å². The van der Waals surface area contributed by atoms with Crippen molar-refractivity contribution in [3.8, 4) is 0 Å². The van der Waals surface area contributed by atoms with Crippen molar-refractivity contribution in [3.63, 3.8) is 0 Å². The van der Waals surface area contributed by atoms with E-state index in [0.29, 0.717) is 5.82 Å². The highest BCUT2D eigenvalue weighted by Crippen LogP contribution is 2.15. The summed E-state index contributed by atoms with van der Waals surface area (Å²) in [6.45, 7) is 5.77. The number of hydrogen-bond acceptors (Lipinski definition) is 3. The second-order valence-electron chi connectivity index (χ2n) is 5.38. The monoisotopic (exact) mass is 351 g/mol. The Morgan fingerprint density at radius 3 is 2.79 bits per heavy atom. The van der Waals surface area contributed by atoms with Crippen LogP contribution in [0.25, 0.3) is 0 Å².